The summed E-state index contributed by atoms with van der Waals surface area (Å²) >= 11 is 0. The number of hydrogen-bond donors (Lipinski definition) is 1. The maximum Gasteiger partial charge on any atom is 0.303 e. The third-order valence-corrected chi connectivity index (χ3v) is 4.41. The first-order chi connectivity index (χ1) is 12.2. The van der Waals surface area contributed by atoms with Gasteiger partial charge in [-0.2, -0.15) is 0 Å². The van der Waals surface area contributed by atoms with Crippen molar-refractivity contribution in [3.8, 4) is 0 Å². The van der Waals surface area contributed by atoms with Gasteiger partial charge in [0.25, 0.3) is 0 Å². The Kier molecular flexibility index (Phi) is 5.46. The molecule has 0 bridgehead atoms. The Bertz CT molecular complexity index is 845. The van der Waals surface area contributed by atoms with Crippen molar-refractivity contribution in [1.82, 2.24) is 5.32 Å². The Morgan fingerprint density at radius 1 is 0.920 bits per heavy atom. The van der Waals surface area contributed by atoms with E-state index in [0.717, 1.165) is 11.1 Å². The summed E-state index contributed by atoms with van der Waals surface area (Å²) in [6.07, 6.45) is -0.327. The Balaban J connectivity index is 2.05. The molecule has 0 heterocycles. The summed E-state index contributed by atoms with van der Waals surface area (Å²) in [4.78, 5) is 11.7. The summed E-state index contributed by atoms with van der Waals surface area (Å²) in [6, 6.07) is 24.7. The fourth-order valence-electron chi connectivity index (χ4n) is 3.26. The lowest BCUT2D eigenvalue weighted by Gasteiger charge is -2.28. The van der Waals surface area contributed by atoms with Crippen LogP contribution in [-0.4, -0.2) is 19.6 Å². The van der Waals surface area contributed by atoms with E-state index < -0.39 is 0 Å². The van der Waals surface area contributed by atoms with E-state index in [-0.39, 0.29) is 18.0 Å². The van der Waals surface area contributed by atoms with Crippen LogP contribution in [0, 0.1) is 0 Å². The maximum absolute atomic E-state index is 11.7. The van der Waals surface area contributed by atoms with E-state index in [1.54, 1.807) is 0 Å². The number of carbonyl (C=O) groups is 1. The van der Waals surface area contributed by atoms with Crippen molar-refractivity contribution < 1.29 is 9.53 Å². The molecule has 0 aliphatic carbocycles. The predicted octanol–water partition coefficient (Wildman–Crippen LogP) is 4.45. The number of rotatable bonds is 6. The summed E-state index contributed by atoms with van der Waals surface area (Å²) in [5, 5.41) is 5.64. The lowest BCUT2D eigenvalue weighted by molar-refractivity contribution is -0.148. The smallest absolute Gasteiger partial charge is 0.303 e. The minimum Gasteiger partial charge on any atom is -0.457 e. The molecule has 25 heavy (non-hydrogen) atoms. The second-order valence-electron chi connectivity index (χ2n) is 6.21. The van der Waals surface area contributed by atoms with Crippen LogP contribution in [0.4, 0.5) is 0 Å². The number of esters is 1. The number of likely N-dealkylation sites (N-methyl/N-ethyl adjacent to an activating group) is 1. The largest absolute Gasteiger partial charge is 0.457 e. The Labute approximate surface area is 148 Å². The lowest BCUT2D eigenvalue weighted by Crippen LogP contribution is -2.26. The number of fused-ring (bicyclic) bond motifs is 1. The van der Waals surface area contributed by atoms with Crippen LogP contribution in [-0.2, 0) is 9.53 Å². The maximum atomic E-state index is 11.7. The van der Waals surface area contributed by atoms with Crippen molar-refractivity contribution in [2.24, 2.45) is 0 Å². The van der Waals surface area contributed by atoms with Gasteiger partial charge >= 0.3 is 5.97 Å². The van der Waals surface area contributed by atoms with Crippen molar-refractivity contribution in [1.29, 1.82) is 0 Å². The highest BCUT2D eigenvalue weighted by Gasteiger charge is 2.27. The number of carbonyl (C=O) groups excluding carboxylic acids is 1. The molecule has 3 heteroatoms. The molecule has 0 amide bonds. The van der Waals surface area contributed by atoms with E-state index in [0.29, 0.717) is 6.54 Å². The SMILES string of the molecule is CNCC(c1ccc2ccccc2c1)[C@H](OC(C)=O)c1ccccc1. The molecule has 0 aliphatic heterocycles. The molecule has 0 aliphatic rings. The highest BCUT2D eigenvalue weighted by Crippen LogP contribution is 2.35. The standard InChI is InChI=1S/C22H23NO2/c1-16(24)25-22(18-9-4-3-5-10-18)21(15-23-2)20-13-12-17-8-6-7-11-19(17)14-20/h3-14,21-23H,15H2,1-2H3/t21?,22-/m1/s1. The summed E-state index contributed by atoms with van der Waals surface area (Å²) in [7, 11) is 1.92. The Morgan fingerprint density at radius 3 is 2.28 bits per heavy atom. The fraction of sp³-hybridized carbons (Fsp3) is 0.227. The van der Waals surface area contributed by atoms with Crippen LogP contribution < -0.4 is 5.32 Å². The number of hydrogen-bond acceptors (Lipinski definition) is 3. The van der Waals surface area contributed by atoms with Crippen molar-refractivity contribution in [2.45, 2.75) is 18.9 Å². The van der Waals surface area contributed by atoms with Crippen LogP contribution in [0.1, 0.15) is 30.1 Å². The van der Waals surface area contributed by atoms with Gasteiger partial charge in [-0.25, -0.2) is 0 Å². The van der Waals surface area contributed by atoms with Gasteiger partial charge in [0.15, 0.2) is 0 Å². The van der Waals surface area contributed by atoms with Crippen LogP contribution in [0.2, 0.25) is 0 Å². The third kappa shape index (κ3) is 4.06. The molecule has 0 spiro atoms. The third-order valence-electron chi connectivity index (χ3n) is 4.41. The van der Waals surface area contributed by atoms with Crippen LogP contribution in [0.15, 0.2) is 72.8 Å². The van der Waals surface area contributed by atoms with Crippen molar-refractivity contribution in [3.05, 3.63) is 83.9 Å². The molecule has 0 fully saturated rings. The van der Waals surface area contributed by atoms with E-state index in [9.17, 15) is 4.79 Å². The number of benzene rings is 3. The first kappa shape index (κ1) is 17.2. The minimum atomic E-state index is -0.327. The van der Waals surface area contributed by atoms with Gasteiger partial charge in [-0.15, -0.1) is 0 Å². The lowest BCUT2D eigenvalue weighted by atomic mass is 9.87. The molecule has 3 aromatic carbocycles. The Morgan fingerprint density at radius 2 is 1.60 bits per heavy atom. The van der Waals surface area contributed by atoms with Crippen molar-refractivity contribution in [2.75, 3.05) is 13.6 Å². The number of ether oxygens (including phenoxy) is 1. The van der Waals surface area contributed by atoms with Gasteiger partial charge in [0.05, 0.1) is 0 Å². The van der Waals surface area contributed by atoms with Crippen LogP contribution in [0.3, 0.4) is 0 Å². The average molecular weight is 333 g/mol. The molecule has 128 valence electrons. The normalized spacial score (nSPS) is 13.4. The molecule has 0 radical (unpaired) electrons. The van der Waals surface area contributed by atoms with Gasteiger partial charge in [0, 0.05) is 19.4 Å². The predicted molar refractivity (Wildman–Crippen MR) is 102 cm³/mol. The summed E-state index contributed by atoms with van der Waals surface area (Å²) in [6.45, 7) is 2.18. The van der Waals surface area contributed by atoms with Crippen LogP contribution in [0.5, 0.6) is 0 Å². The van der Waals surface area contributed by atoms with E-state index in [2.05, 4.69) is 35.6 Å². The summed E-state index contributed by atoms with van der Waals surface area (Å²) < 4.78 is 5.74. The molecule has 3 aromatic rings. The fourth-order valence-corrected chi connectivity index (χ4v) is 3.26. The molecular weight excluding hydrogens is 310 g/mol. The van der Waals surface area contributed by atoms with Crippen LogP contribution >= 0.6 is 0 Å². The van der Waals surface area contributed by atoms with Crippen LogP contribution in [0.25, 0.3) is 10.8 Å². The average Bonchev–Trinajstić information content (AvgIpc) is 2.64. The molecule has 3 rings (SSSR count). The number of nitrogens with one attached hydrogen (secondary N) is 1. The minimum absolute atomic E-state index is 0.0286. The molecule has 1 N–H and O–H groups in total. The topological polar surface area (TPSA) is 38.3 Å². The van der Waals surface area contributed by atoms with Gasteiger partial charge in [-0.1, -0.05) is 72.8 Å². The summed E-state index contributed by atoms with van der Waals surface area (Å²) in [5.74, 6) is -0.239. The van der Waals surface area contributed by atoms with E-state index >= 15 is 0 Å². The summed E-state index contributed by atoms with van der Waals surface area (Å²) in [5.41, 5.74) is 2.16. The zero-order valence-corrected chi connectivity index (χ0v) is 14.6. The molecule has 3 nitrogen and oxygen atoms in total. The van der Waals surface area contributed by atoms with Gasteiger partial charge in [0.2, 0.25) is 0 Å². The molecule has 0 aromatic heterocycles. The van der Waals surface area contributed by atoms with Crippen molar-refractivity contribution in [3.63, 3.8) is 0 Å². The second kappa shape index (κ2) is 7.95. The molecule has 0 saturated carbocycles. The molecular formula is C22H23NO2. The first-order valence-corrected chi connectivity index (χ1v) is 8.54. The Hall–Kier alpha value is -2.65. The highest BCUT2D eigenvalue weighted by atomic mass is 16.5. The van der Waals surface area contributed by atoms with Gasteiger partial charge in [0.1, 0.15) is 6.10 Å². The second-order valence-corrected chi connectivity index (χ2v) is 6.21. The zero-order chi connectivity index (χ0) is 17.6. The molecule has 2 atom stereocenters. The van der Waals surface area contributed by atoms with E-state index in [4.69, 9.17) is 4.74 Å². The highest BCUT2D eigenvalue weighted by molar-refractivity contribution is 5.83. The van der Waals surface area contributed by atoms with Crippen molar-refractivity contribution >= 4 is 16.7 Å². The monoisotopic (exact) mass is 333 g/mol. The zero-order valence-electron chi connectivity index (χ0n) is 14.6. The van der Waals surface area contributed by atoms with Gasteiger partial charge in [-0.05, 0) is 28.9 Å². The molecule has 0 saturated heterocycles. The first-order valence-electron chi connectivity index (χ1n) is 8.54. The quantitative estimate of drug-likeness (QED) is 0.677. The van der Waals surface area contributed by atoms with Gasteiger partial charge < -0.3 is 10.1 Å². The van der Waals surface area contributed by atoms with E-state index in [1.165, 1.54) is 17.7 Å². The van der Waals surface area contributed by atoms with Gasteiger partial charge in [-0.3, -0.25) is 4.79 Å². The molecule has 1 unspecified atom stereocenters. The van der Waals surface area contributed by atoms with E-state index in [1.807, 2.05) is 49.5 Å².